The molecule has 1 aliphatic carbocycles. The number of allylic oxidation sites excluding steroid dienone is 3. The van der Waals surface area contributed by atoms with Crippen molar-refractivity contribution in [2.45, 2.75) is 39.0 Å². The van der Waals surface area contributed by atoms with Gasteiger partial charge in [0.05, 0.1) is 7.11 Å². The van der Waals surface area contributed by atoms with Crippen LogP contribution in [0.4, 0.5) is 0 Å². The van der Waals surface area contributed by atoms with E-state index in [1.54, 1.807) is 6.92 Å². The first-order valence-corrected chi connectivity index (χ1v) is 5.19. The Bertz CT molecular complexity index is 261. The van der Waals surface area contributed by atoms with Gasteiger partial charge in [-0.25, -0.2) is 4.79 Å². The lowest BCUT2D eigenvalue weighted by atomic mass is 10.1. The van der Waals surface area contributed by atoms with Crippen LogP contribution in [-0.4, -0.2) is 13.1 Å². The first-order chi connectivity index (χ1) is 6.74. The summed E-state index contributed by atoms with van der Waals surface area (Å²) >= 11 is 0. The summed E-state index contributed by atoms with van der Waals surface area (Å²) in [7, 11) is 1.42. The molecule has 0 aromatic heterocycles. The molecule has 0 spiro atoms. The van der Waals surface area contributed by atoms with E-state index in [0.29, 0.717) is 5.57 Å². The third kappa shape index (κ3) is 3.36. The van der Waals surface area contributed by atoms with E-state index in [4.69, 9.17) is 0 Å². The summed E-state index contributed by atoms with van der Waals surface area (Å²) in [5, 5.41) is 0. The topological polar surface area (TPSA) is 26.3 Å². The maximum Gasteiger partial charge on any atom is 0.333 e. The summed E-state index contributed by atoms with van der Waals surface area (Å²) in [5.41, 5.74) is 1.98. The number of esters is 1. The highest BCUT2D eigenvalue weighted by molar-refractivity contribution is 5.88. The first-order valence-electron chi connectivity index (χ1n) is 5.19. The molecule has 0 unspecified atom stereocenters. The van der Waals surface area contributed by atoms with Crippen LogP contribution in [0.15, 0.2) is 23.3 Å². The zero-order valence-electron chi connectivity index (χ0n) is 9.01. The van der Waals surface area contributed by atoms with Crippen molar-refractivity contribution in [2.75, 3.05) is 7.11 Å². The first kappa shape index (κ1) is 11.0. The highest BCUT2D eigenvalue weighted by Crippen LogP contribution is 2.19. The third-order valence-electron chi connectivity index (χ3n) is 2.49. The molecule has 0 atom stereocenters. The second-order valence-corrected chi connectivity index (χ2v) is 3.70. The minimum absolute atomic E-state index is 0.227. The molecule has 0 N–H and O–H groups in total. The number of rotatable bonds is 2. The second kappa shape index (κ2) is 5.63. The lowest BCUT2D eigenvalue weighted by Gasteiger charge is -2.01. The molecule has 0 radical (unpaired) electrons. The highest BCUT2D eigenvalue weighted by Gasteiger charge is 2.05. The molecule has 2 nitrogen and oxygen atoms in total. The predicted octanol–water partition coefficient (Wildman–Crippen LogP) is 3.00. The van der Waals surface area contributed by atoms with Crippen LogP contribution >= 0.6 is 0 Å². The highest BCUT2D eigenvalue weighted by atomic mass is 16.5. The van der Waals surface area contributed by atoms with Gasteiger partial charge in [-0.2, -0.15) is 0 Å². The van der Waals surface area contributed by atoms with Crippen molar-refractivity contribution in [3.8, 4) is 0 Å². The lowest BCUT2D eigenvalue weighted by molar-refractivity contribution is -0.136. The van der Waals surface area contributed by atoms with Gasteiger partial charge in [0.15, 0.2) is 0 Å². The third-order valence-corrected chi connectivity index (χ3v) is 2.49. The summed E-state index contributed by atoms with van der Waals surface area (Å²) in [6.07, 6.45) is 10.2. The Balaban J connectivity index is 2.64. The maximum atomic E-state index is 11.2. The van der Waals surface area contributed by atoms with Crippen molar-refractivity contribution >= 4 is 5.97 Å². The largest absolute Gasteiger partial charge is 0.466 e. The van der Waals surface area contributed by atoms with E-state index in [2.05, 4.69) is 10.8 Å². The molecule has 0 heterocycles. The molecule has 0 fully saturated rings. The Morgan fingerprint density at radius 1 is 1.43 bits per heavy atom. The molecule has 0 aliphatic heterocycles. The van der Waals surface area contributed by atoms with Gasteiger partial charge in [-0.15, -0.1) is 0 Å². The molecule has 0 saturated carbocycles. The van der Waals surface area contributed by atoms with Gasteiger partial charge >= 0.3 is 5.97 Å². The summed E-state index contributed by atoms with van der Waals surface area (Å²) in [5.74, 6) is -0.227. The van der Waals surface area contributed by atoms with E-state index in [1.165, 1.54) is 31.9 Å². The zero-order valence-corrected chi connectivity index (χ0v) is 9.01. The van der Waals surface area contributed by atoms with Gasteiger partial charge in [-0.3, -0.25) is 0 Å². The lowest BCUT2D eigenvalue weighted by Crippen LogP contribution is -2.01. The molecule has 0 saturated heterocycles. The van der Waals surface area contributed by atoms with Crippen molar-refractivity contribution in [3.63, 3.8) is 0 Å². The molecule has 78 valence electrons. The van der Waals surface area contributed by atoms with Crippen LogP contribution < -0.4 is 0 Å². The molecular formula is C12H18O2. The number of ether oxygens (including phenoxy) is 1. The van der Waals surface area contributed by atoms with Gasteiger partial charge in [-0.1, -0.05) is 18.1 Å². The number of carbonyl (C=O) groups excluding carboxylic acids is 1. The Hall–Kier alpha value is -1.05. The molecule has 0 aromatic rings. The number of methoxy groups -OCH3 is 1. The minimum atomic E-state index is -0.227. The molecule has 0 bridgehead atoms. The quantitative estimate of drug-likeness (QED) is 0.499. The predicted molar refractivity (Wildman–Crippen MR) is 56.9 cm³/mol. The Labute approximate surface area is 85.6 Å². The van der Waals surface area contributed by atoms with Gasteiger partial charge in [0.2, 0.25) is 0 Å². The fourth-order valence-corrected chi connectivity index (χ4v) is 1.67. The molecule has 1 aliphatic rings. The van der Waals surface area contributed by atoms with Crippen LogP contribution in [-0.2, 0) is 9.53 Å². The van der Waals surface area contributed by atoms with Crippen molar-refractivity contribution in [2.24, 2.45) is 0 Å². The number of hydrogen-bond donors (Lipinski definition) is 0. The van der Waals surface area contributed by atoms with Crippen molar-refractivity contribution in [1.82, 2.24) is 0 Å². The van der Waals surface area contributed by atoms with Gasteiger partial charge in [-0.05, 0) is 38.7 Å². The average Bonchev–Trinajstić information content (AvgIpc) is 2.45. The number of hydrogen-bond acceptors (Lipinski definition) is 2. The summed E-state index contributed by atoms with van der Waals surface area (Å²) in [6, 6.07) is 0. The smallest absolute Gasteiger partial charge is 0.333 e. The van der Waals surface area contributed by atoms with Gasteiger partial charge in [0.25, 0.3) is 0 Å². The average molecular weight is 194 g/mol. The Kier molecular flexibility index (Phi) is 4.44. The molecule has 14 heavy (non-hydrogen) atoms. The second-order valence-electron chi connectivity index (χ2n) is 3.70. The van der Waals surface area contributed by atoms with Crippen LogP contribution in [0.2, 0.25) is 0 Å². The SMILES string of the molecule is COC(=O)/C(C)=C/C1=CCCCCC1. The van der Waals surface area contributed by atoms with E-state index in [1.807, 2.05) is 6.08 Å². The van der Waals surface area contributed by atoms with E-state index in [9.17, 15) is 4.79 Å². The van der Waals surface area contributed by atoms with Crippen molar-refractivity contribution in [3.05, 3.63) is 23.3 Å². The monoisotopic (exact) mass is 194 g/mol. The molecule has 2 heteroatoms. The van der Waals surface area contributed by atoms with Crippen LogP contribution in [0, 0.1) is 0 Å². The Morgan fingerprint density at radius 3 is 2.93 bits per heavy atom. The standard InChI is InChI=1S/C12H18O2/c1-10(12(13)14-2)9-11-7-5-3-4-6-8-11/h7,9H,3-6,8H2,1-2H3/b10-9+. The number of carbonyl (C=O) groups is 1. The summed E-state index contributed by atoms with van der Waals surface area (Å²) in [4.78, 5) is 11.2. The van der Waals surface area contributed by atoms with E-state index in [0.717, 1.165) is 12.8 Å². The van der Waals surface area contributed by atoms with E-state index >= 15 is 0 Å². The van der Waals surface area contributed by atoms with E-state index in [-0.39, 0.29) is 5.97 Å². The maximum absolute atomic E-state index is 11.2. The Morgan fingerprint density at radius 2 is 2.21 bits per heavy atom. The normalized spacial score (nSPS) is 18.4. The van der Waals surface area contributed by atoms with Gasteiger partial charge in [0.1, 0.15) is 0 Å². The molecule has 0 amide bonds. The van der Waals surface area contributed by atoms with E-state index < -0.39 is 0 Å². The molecular weight excluding hydrogens is 176 g/mol. The minimum Gasteiger partial charge on any atom is -0.466 e. The summed E-state index contributed by atoms with van der Waals surface area (Å²) in [6.45, 7) is 1.80. The zero-order chi connectivity index (χ0) is 10.4. The van der Waals surface area contributed by atoms with Crippen LogP contribution in [0.5, 0.6) is 0 Å². The van der Waals surface area contributed by atoms with Gasteiger partial charge < -0.3 is 4.74 Å². The van der Waals surface area contributed by atoms with Crippen LogP contribution in [0.3, 0.4) is 0 Å². The van der Waals surface area contributed by atoms with Crippen molar-refractivity contribution in [1.29, 1.82) is 0 Å². The van der Waals surface area contributed by atoms with Crippen LogP contribution in [0.25, 0.3) is 0 Å². The summed E-state index contributed by atoms with van der Waals surface area (Å²) < 4.78 is 4.65. The van der Waals surface area contributed by atoms with Crippen LogP contribution in [0.1, 0.15) is 39.0 Å². The molecule has 1 rings (SSSR count). The fraction of sp³-hybridized carbons (Fsp3) is 0.583. The van der Waals surface area contributed by atoms with Crippen molar-refractivity contribution < 1.29 is 9.53 Å². The fourth-order valence-electron chi connectivity index (χ4n) is 1.67. The molecule has 0 aromatic carbocycles. The van der Waals surface area contributed by atoms with Gasteiger partial charge in [0, 0.05) is 5.57 Å².